The molecule has 0 spiro atoms. The van der Waals surface area contributed by atoms with Crippen molar-refractivity contribution < 1.29 is 4.79 Å². The number of anilines is 2. The third kappa shape index (κ3) is 3.33. The van der Waals surface area contributed by atoms with Crippen molar-refractivity contribution in [2.45, 2.75) is 26.3 Å². The van der Waals surface area contributed by atoms with Crippen LogP contribution in [0.4, 0.5) is 10.9 Å². The number of hydrogen-bond acceptors (Lipinski definition) is 7. The number of pyridine rings is 1. The van der Waals surface area contributed by atoms with Crippen LogP contribution in [0, 0.1) is 6.92 Å². The summed E-state index contributed by atoms with van der Waals surface area (Å²) in [7, 11) is 0. The number of nitrogens with one attached hydrogen (secondary N) is 1. The molecular weight excluding hydrogens is 300 g/mol. The molecule has 0 aliphatic carbocycles. The third-order valence-electron chi connectivity index (χ3n) is 3.51. The summed E-state index contributed by atoms with van der Waals surface area (Å²) >= 11 is 1.16. The molecule has 2 aromatic heterocycles. The van der Waals surface area contributed by atoms with Gasteiger partial charge in [0, 0.05) is 25.3 Å². The molecule has 0 bridgehead atoms. The van der Waals surface area contributed by atoms with Crippen LogP contribution in [-0.4, -0.2) is 34.2 Å². The normalized spacial score (nSPS) is 14.3. The molecule has 3 heterocycles. The van der Waals surface area contributed by atoms with Gasteiger partial charge in [0.15, 0.2) is 0 Å². The van der Waals surface area contributed by atoms with Crippen LogP contribution in [0.3, 0.4) is 0 Å². The van der Waals surface area contributed by atoms with Crippen molar-refractivity contribution in [2.24, 2.45) is 5.73 Å². The third-order valence-corrected chi connectivity index (χ3v) is 4.40. The second-order valence-electron chi connectivity index (χ2n) is 5.30. The maximum Gasteiger partial charge on any atom is 0.279 e. The number of rotatable bonds is 5. The first-order valence-corrected chi connectivity index (χ1v) is 8.03. The Labute approximate surface area is 132 Å². The van der Waals surface area contributed by atoms with Crippen LogP contribution >= 0.6 is 11.3 Å². The van der Waals surface area contributed by atoms with Gasteiger partial charge in [-0.25, -0.2) is 4.98 Å². The molecule has 3 rings (SSSR count). The van der Waals surface area contributed by atoms with Gasteiger partial charge >= 0.3 is 0 Å². The smallest absolute Gasteiger partial charge is 0.279 e. The first kappa shape index (κ1) is 14.7. The number of aromatic nitrogens is 3. The van der Waals surface area contributed by atoms with Crippen molar-refractivity contribution in [2.75, 3.05) is 23.3 Å². The maximum atomic E-state index is 11.0. The van der Waals surface area contributed by atoms with E-state index in [2.05, 4.69) is 31.5 Å². The molecule has 1 aliphatic heterocycles. The van der Waals surface area contributed by atoms with E-state index >= 15 is 0 Å². The van der Waals surface area contributed by atoms with E-state index in [1.165, 1.54) is 12.8 Å². The van der Waals surface area contributed by atoms with E-state index in [0.717, 1.165) is 41.5 Å². The Morgan fingerprint density at radius 1 is 1.36 bits per heavy atom. The lowest BCUT2D eigenvalue weighted by Crippen LogP contribution is -2.19. The van der Waals surface area contributed by atoms with Gasteiger partial charge in [0.25, 0.3) is 5.91 Å². The summed E-state index contributed by atoms with van der Waals surface area (Å²) in [6.45, 7) is 4.75. The second-order valence-corrected chi connectivity index (χ2v) is 6.28. The molecule has 8 heteroatoms. The molecule has 1 aliphatic rings. The van der Waals surface area contributed by atoms with Crippen molar-refractivity contribution in [1.29, 1.82) is 0 Å². The maximum absolute atomic E-state index is 11.0. The van der Waals surface area contributed by atoms with Gasteiger partial charge in [0.2, 0.25) is 10.1 Å². The van der Waals surface area contributed by atoms with Crippen molar-refractivity contribution >= 4 is 28.2 Å². The fraction of sp³-hybridized carbons (Fsp3) is 0.429. The standard InChI is InChI=1S/C14H18N6OS/c1-9-6-10(7-11(17-9)20-4-2-3-5-20)8-16-14-19-18-13(22-14)12(15)21/h6-7H,2-5,8H2,1H3,(H2,15,21)(H,16,19). The number of aryl methyl sites for hydroxylation is 1. The minimum Gasteiger partial charge on any atom is -0.363 e. The highest BCUT2D eigenvalue weighted by atomic mass is 32.1. The lowest BCUT2D eigenvalue weighted by molar-refractivity contribution is 0.0999. The van der Waals surface area contributed by atoms with Crippen molar-refractivity contribution in [1.82, 2.24) is 15.2 Å². The number of carbonyl (C=O) groups is 1. The zero-order chi connectivity index (χ0) is 15.5. The molecule has 116 valence electrons. The highest BCUT2D eigenvalue weighted by Gasteiger charge is 2.15. The van der Waals surface area contributed by atoms with E-state index in [4.69, 9.17) is 5.73 Å². The Bertz CT molecular complexity index is 680. The molecule has 0 radical (unpaired) electrons. The Balaban J connectivity index is 1.70. The van der Waals surface area contributed by atoms with Crippen molar-refractivity contribution in [3.8, 4) is 0 Å². The Morgan fingerprint density at radius 2 is 2.14 bits per heavy atom. The number of amides is 1. The summed E-state index contributed by atoms with van der Waals surface area (Å²) in [5.41, 5.74) is 7.30. The van der Waals surface area contributed by atoms with Crippen LogP contribution in [0.1, 0.15) is 33.9 Å². The summed E-state index contributed by atoms with van der Waals surface area (Å²) < 4.78 is 0. The predicted octanol–water partition coefficient (Wildman–Crippen LogP) is 1.55. The van der Waals surface area contributed by atoms with E-state index in [9.17, 15) is 4.79 Å². The lowest BCUT2D eigenvalue weighted by Gasteiger charge is -2.18. The van der Waals surface area contributed by atoms with Gasteiger partial charge in [0.1, 0.15) is 5.82 Å². The average Bonchev–Trinajstić information content (AvgIpc) is 3.16. The minimum absolute atomic E-state index is 0.214. The Kier molecular flexibility index (Phi) is 4.19. The summed E-state index contributed by atoms with van der Waals surface area (Å²) in [5.74, 6) is 0.478. The number of hydrogen-bond donors (Lipinski definition) is 2. The minimum atomic E-state index is -0.554. The van der Waals surface area contributed by atoms with Gasteiger partial charge in [-0.15, -0.1) is 10.2 Å². The summed E-state index contributed by atoms with van der Waals surface area (Å²) in [6, 6.07) is 4.14. The summed E-state index contributed by atoms with van der Waals surface area (Å²) in [6.07, 6.45) is 2.45. The molecule has 2 aromatic rings. The zero-order valence-electron chi connectivity index (χ0n) is 12.4. The molecule has 0 unspecified atom stereocenters. The van der Waals surface area contributed by atoms with Crippen LogP contribution in [0.5, 0.6) is 0 Å². The summed E-state index contributed by atoms with van der Waals surface area (Å²) in [5, 5.41) is 11.6. The Hall–Kier alpha value is -2.22. The van der Waals surface area contributed by atoms with Gasteiger partial charge < -0.3 is 16.0 Å². The first-order valence-electron chi connectivity index (χ1n) is 7.21. The van der Waals surface area contributed by atoms with E-state index < -0.39 is 5.91 Å². The quantitative estimate of drug-likeness (QED) is 0.868. The number of nitrogens with two attached hydrogens (primary N) is 1. The molecular formula is C14H18N6OS. The predicted molar refractivity (Wildman–Crippen MR) is 86.2 cm³/mol. The molecule has 22 heavy (non-hydrogen) atoms. The average molecular weight is 318 g/mol. The Morgan fingerprint density at radius 3 is 2.82 bits per heavy atom. The highest BCUT2D eigenvalue weighted by Crippen LogP contribution is 2.21. The molecule has 1 fully saturated rings. The molecule has 1 saturated heterocycles. The van der Waals surface area contributed by atoms with Crippen molar-refractivity contribution in [3.63, 3.8) is 0 Å². The first-order chi connectivity index (χ1) is 10.6. The molecule has 0 saturated carbocycles. The number of carbonyl (C=O) groups excluding carboxylic acids is 1. The SMILES string of the molecule is Cc1cc(CNc2nnc(C(N)=O)s2)cc(N2CCCC2)n1. The van der Waals surface area contributed by atoms with Gasteiger partial charge in [-0.3, -0.25) is 4.79 Å². The van der Waals surface area contributed by atoms with Gasteiger partial charge in [-0.1, -0.05) is 11.3 Å². The van der Waals surface area contributed by atoms with Crippen LogP contribution in [-0.2, 0) is 6.54 Å². The molecule has 3 N–H and O–H groups in total. The van der Waals surface area contributed by atoms with Gasteiger partial charge in [-0.05, 0) is 37.5 Å². The van der Waals surface area contributed by atoms with E-state index in [1.807, 2.05) is 13.0 Å². The van der Waals surface area contributed by atoms with Crippen LogP contribution in [0.2, 0.25) is 0 Å². The van der Waals surface area contributed by atoms with E-state index in [-0.39, 0.29) is 5.01 Å². The zero-order valence-corrected chi connectivity index (χ0v) is 13.2. The topological polar surface area (TPSA) is 97.0 Å². The van der Waals surface area contributed by atoms with E-state index in [1.54, 1.807) is 0 Å². The van der Waals surface area contributed by atoms with Crippen molar-refractivity contribution in [3.05, 3.63) is 28.4 Å². The van der Waals surface area contributed by atoms with Crippen LogP contribution in [0.15, 0.2) is 12.1 Å². The fourth-order valence-electron chi connectivity index (χ4n) is 2.50. The summed E-state index contributed by atoms with van der Waals surface area (Å²) in [4.78, 5) is 17.9. The van der Waals surface area contributed by atoms with Crippen LogP contribution < -0.4 is 16.0 Å². The molecule has 0 atom stereocenters. The second kappa shape index (κ2) is 6.27. The lowest BCUT2D eigenvalue weighted by atomic mass is 10.2. The largest absolute Gasteiger partial charge is 0.363 e. The fourth-order valence-corrected chi connectivity index (χ4v) is 3.09. The monoisotopic (exact) mass is 318 g/mol. The number of nitrogens with zero attached hydrogens (tertiary/aromatic N) is 4. The highest BCUT2D eigenvalue weighted by molar-refractivity contribution is 7.17. The molecule has 0 aromatic carbocycles. The van der Waals surface area contributed by atoms with Crippen LogP contribution in [0.25, 0.3) is 0 Å². The molecule has 1 amide bonds. The van der Waals surface area contributed by atoms with Gasteiger partial charge in [-0.2, -0.15) is 0 Å². The molecule has 7 nitrogen and oxygen atoms in total. The number of primary amides is 1. The van der Waals surface area contributed by atoms with Gasteiger partial charge in [0.05, 0.1) is 0 Å². The van der Waals surface area contributed by atoms with E-state index in [0.29, 0.717) is 11.7 Å².